The third-order valence-electron chi connectivity index (χ3n) is 4.24. The number of furan rings is 1. The first-order valence-corrected chi connectivity index (χ1v) is 7.02. The molecule has 1 N–H and O–H groups in total. The highest BCUT2D eigenvalue weighted by Crippen LogP contribution is 2.45. The van der Waals surface area contributed by atoms with Crippen LogP contribution in [0.3, 0.4) is 0 Å². The molecule has 0 saturated heterocycles. The van der Waals surface area contributed by atoms with E-state index in [1.807, 2.05) is 6.07 Å². The molecule has 2 saturated carbocycles. The molecule has 0 aromatic carbocycles. The quantitative estimate of drug-likeness (QED) is 0.911. The molecule has 2 aliphatic rings. The lowest BCUT2D eigenvalue weighted by Crippen LogP contribution is -2.35. The third-order valence-corrected chi connectivity index (χ3v) is 4.90. The highest BCUT2D eigenvalue weighted by atomic mass is 79.9. The minimum absolute atomic E-state index is 0.314. The first-order valence-electron chi connectivity index (χ1n) is 6.23. The molecule has 88 valence electrons. The lowest BCUT2D eigenvalue weighted by Gasteiger charge is -2.26. The van der Waals surface area contributed by atoms with Crippen LogP contribution in [0.5, 0.6) is 0 Å². The van der Waals surface area contributed by atoms with Crippen LogP contribution in [0.25, 0.3) is 0 Å². The van der Waals surface area contributed by atoms with Crippen LogP contribution in [0.2, 0.25) is 0 Å². The summed E-state index contributed by atoms with van der Waals surface area (Å²) in [6.07, 6.45) is 7.45. The van der Waals surface area contributed by atoms with Gasteiger partial charge in [-0.1, -0.05) is 6.42 Å². The molecular weight excluding hydrogens is 266 g/mol. The van der Waals surface area contributed by atoms with Crippen molar-refractivity contribution < 1.29 is 4.42 Å². The summed E-state index contributed by atoms with van der Waals surface area (Å²) in [6.45, 7) is 2.19. The zero-order chi connectivity index (χ0) is 11.1. The number of fused-ring (bicyclic) bond motifs is 2. The molecule has 0 radical (unpaired) electrons. The average Bonchev–Trinajstić information content (AvgIpc) is 2.92. The predicted octanol–water partition coefficient (Wildman–Crippen LogP) is 3.88. The minimum Gasteiger partial charge on any atom is -0.466 e. The molecule has 4 unspecified atom stereocenters. The minimum atomic E-state index is 0.314. The van der Waals surface area contributed by atoms with Crippen molar-refractivity contribution in [3.05, 3.63) is 22.6 Å². The van der Waals surface area contributed by atoms with E-state index in [-0.39, 0.29) is 0 Å². The van der Waals surface area contributed by atoms with Crippen molar-refractivity contribution in [3.8, 4) is 0 Å². The van der Waals surface area contributed by atoms with E-state index in [1.165, 1.54) is 25.7 Å². The van der Waals surface area contributed by atoms with Crippen LogP contribution in [0.15, 0.2) is 21.2 Å². The number of rotatable bonds is 3. The van der Waals surface area contributed by atoms with Crippen LogP contribution in [0, 0.1) is 11.8 Å². The molecule has 1 aromatic rings. The van der Waals surface area contributed by atoms with E-state index >= 15 is 0 Å². The van der Waals surface area contributed by atoms with Crippen molar-refractivity contribution in [2.45, 2.75) is 44.7 Å². The van der Waals surface area contributed by atoms with E-state index in [2.05, 4.69) is 28.2 Å². The monoisotopic (exact) mass is 283 g/mol. The second kappa shape index (κ2) is 4.19. The first-order chi connectivity index (χ1) is 7.74. The Bertz CT molecular complexity index is 376. The highest BCUT2D eigenvalue weighted by molar-refractivity contribution is 9.10. The molecule has 2 fully saturated rings. The Hall–Kier alpha value is -0.280. The fraction of sp³-hybridized carbons (Fsp3) is 0.692. The number of halogens is 1. The summed E-state index contributed by atoms with van der Waals surface area (Å²) in [6, 6.07) is 2.99. The third kappa shape index (κ3) is 1.84. The van der Waals surface area contributed by atoms with E-state index < -0.39 is 0 Å². The van der Waals surface area contributed by atoms with Gasteiger partial charge in [0, 0.05) is 6.04 Å². The molecule has 0 spiro atoms. The summed E-state index contributed by atoms with van der Waals surface area (Å²) < 4.78 is 6.59. The number of hydrogen-bond donors (Lipinski definition) is 1. The zero-order valence-corrected chi connectivity index (χ0v) is 11.2. The lowest BCUT2D eigenvalue weighted by molar-refractivity contribution is 0.306. The van der Waals surface area contributed by atoms with Gasteiger partial charge in [0.15, 0.2) is 0 Å². The maximum atomic E-state index is 5.51. The fourth-order valence-electron chi connectivity index (χ4n) is 3.46. The van der Waals surface area contributed by atoms with E-state index in [9.17, 15) is 0 Å². The standard InChI is InChI=1S/C13H18BrNO/c1-8(13-11(14)4-5-16-13)15-12-7-9-2-3-10(12)6-9/h4-5,8-10,12,15H,2-3,6-7H2,1H3. The highest BCUT2D eigenvalue weighted by Gasteiger charge is 2.40. The Kier molecular flexibility index (Phi) is 2.84. The maximum absolute atomic E-state index is 5.51. The van der Waals surface area contributed by atoms with Crippen molar-refractivity contribution in [1.29, 1.82) is 0 Å². The summed E-state index contributed by atoms with van der Waals surface area (Å²) in [7, 11) is 0. The van der Waals surface area contributed by atoms with Crippen LogP contribution < -0.4 is 5.32 Å². The van der Waals surface area contributed by atoms with Crippen molar-refractivity contribution in [2.75, 3.05) is 0 Å². The molecule has 0 aliphatic heterocycles. The van der Waals surface area contributed by atoms with E-state index in [4.69, 9.17) is 4.42 Å². The topological polar surface area (TPSA) is 25.2 Å². The summed E-state index contributed by atoms with van der Waals surface area (Å²) >= 11 is 3.52. The average molecular weight is 284 g/mol. The fourth-order valence-corrected chi connectivity index (χ4v) is 4.00. The Morgan fingerprint density at radius 1 is 1.44 bits per heavy atom. The molecule has 3 rings (SSSR count). The normalized spacial score (nSPS) is 34.5. The van der Waals surface area contributed by atoms with Crippen LogP contribution in [-0.2, 0) is 0 Å². The molecule has 0 amide bonds. The Balaban J connectivity index is 1.65. The second-order valence-electron chi connectivity index (χ2n) is 5.30. The lowest BCUT2D eigenvalue weighted by atomic mass is 9.94. The largest absolute Gasteiger partial charge is 0.466 e. The zero-order valence-electron chi connectivity index (χ0n) is 9.58. The van der Waals surface area contributed by atoms with Crippen molar-refractivity contribution in [1.82, 2.24) is 5.32 Å². The van der Waals surface area contributed by atoms with E-state index in [0.29, 0.717) is 12.1 Å². The number of hydrogen-bond acceptors (Lipinski definition) is 2. The Morgan fingerprint density at radius 3 is 2.88 bits per heavy atom. The molecule has 2 nitrogen and oxygen atoms in total. The van der Waals surface area contributed by atoms with Gasteiger partial charge >= 0.3 is 0 Å². The molecule has 1 aromatic heterocycles. The van der Waals surface area contributed by atoms with Gasteiger partial charge < -0.3 is 9.73 Å². The van der Waals surface area contributed by atoms with E-state index in [0.717, 1.165) is 22.1 Å². The van der Waals surface area contributed by atoms with Gasteiger partial charge in [-0.05, 0) is 60.0 Å². The maximum Gasteiger partial charge on any atom is 0.134 e. The first kappa shape index (κ1) is 10.8. The van der Waals surface area contributed by atoms with Crippen molar-refractivity contribution >= 4 is 15.9 Å². The SMILES string of the molecule is CC(NC1CC2CCC1C2)c1occc1Br. The van der Waals surface area contributed by atoms with Gasteiger partial charge in [0.25, 0.3) is 0 Å². The second-order valence-corrected chi connectivity index (χ2v) is 6.16. The molecule has 2 bridgehead atoms. The summed E-state index contributed by atoms with van der Waals surface area (Å²) in [5, 5.41) is 3.73. The Morgan fingerprint density at radius 2 is 2.31 bits per heavy atom. The summed E-state index contributed by atoms with van der Waals surface area (Å²) in [5.74, 6) is 2.94. The van der Waals surface area contributed by atoms with Gasteiger partial charge in [-0.2, -0.15) is 0 Å². The predicted molar refractivity (Wildman–Crippen MR) is 67.2 cm³/mol. The molecule has 16 heavy (non-hydrogen) atoms. The van der Waals surface area contributed by atoms with Crippen LogP contribution in [0.4, 0.5) is 0 Å². The van der Waals surface area contributed by atoms with Gasteiger partial charge in [-0.25, -0.2) is 0 Å². The van der Waals surface area contributed by atoms with Crippen LogP contribution >= 0.6 is 15.9 Å². The smallest absolute Gasteiger partial charge is 0.134 e. The van der Waals surface area contributed by atoms with Gasteiger partial charge in [0.2, 0.25) is 0 Å². The summed E-state index contributed by atoms with van der Waals surface area (Å²) in [5.41, 5.74) is 0. The number of nitrogens with one attached hydrogen (secondary N) is 1. The van der Waals surface area contributed by atoms with E-state index in [1.54, 1.807) is 6.26 Å². The van der Waals surface area contributed by atoms with Gasteiger partial charge in [-0.3, -0.25) is 0 Å². The molecule has 2 aliphatic carbocycles. The molecule has 1 heterocycles. The Labute approximate surface area is 105 Å². The van der Waals surface area contributed by atoms with Gasteiger partial charge in [0.05, 0.1) is 16.8 Å². The summed E-state index contributed by atoms with van der Waals surface area (Å²) in [4.78, 5) is 0. The molecule has 4 atom stereocenters. The molecule has 3 heteroatoms. The van der Waals surface area contributed by atoms with Crippen LogP contribution in [0.1, 0.15) is 44.4 Å². The van der Waals surface area contributed by atoms with Gasteiger partial charge in [-0.15, -0.1) is 0 Å². The van der Waals surface area contributed by atoms with Gasteiger partial charge in [0.1, 0.15) is 5.76 Å². The van der Waals surface area contributed by atoms with Crippen molar-refractivity contribution in [2.24, 2.45) is 11.8 Å². The van der Waals surface area contributed by atoms with Crippen molar-refractivity contribution in [3.63, 3.8) is 0 Å². The molecular formula is C13H18BrNO. The van der Waals surface area contributed by atoms with Crippen LogP contribution in [-0.4, -0.2) is 6.04 Å².